The zero-order valence-electron chi connectivity index (χ0n) is 9.72. The van der Waals surface area contributed by atoms with Crippen molar-refractivity contribution in [2.24, 2.45) is 0 Å². The fraction of sp³-hybridized carbons (Fsp3) is 0.154. The number of ketones is 1. The van der Waals surface area contributed by atoms with Crippen LogP contribution >= 0.6 is 11.3 Å². The van der Waals surface area contributed by atoms with Crippen LogP contribution in [0.1, 0.15) is 26.4 Å². The van der Waals surface area contributed by atoms with E-state index in [1.807, 2.05) is 0 Å². The molecule has 0 saturated heterocycles. The highest BCUT2D eigenvalue weighted by Crippen LogP contribution is 2.31. The summed E-state index contributed by atoms with van der Waals surface area (Å²) in [5, 5.41) is 1.50. The Morgan fingerprint density at radius 2 is 1.89 bits per heavy atom. The average Bonchev–Trinajstić information content (AvgIpc) is 2.74. The second-order valence-corrected chi connectivity index (χ2v) is 5.08. The molecule has 1 heterocycles. The van der Waals surface area contributed by atoms with Gasteiger partial charge in [0.1, 0.15) is 5.82 Å². The van der Waals surface area contributed by atoms with E-state index in [0.29, 0.717) is 18.2 Å². The molecular weight excluding hydrogens is 280 g/mol. The van der Waals surface area contributed by atoms with Crippen LogP contribution in [0.2, 0.25) is 0 Å². The van der Waals surface area contributed by atoms with Crippen LogP contribution in [0.4, 0.5) is 17.6 Å². The number of benzene rings is 1. The molecule has 1 nitrogen and oxygen atoms in total. The van der Waals surface area contributed by atoms with Gasteiger partial charge in [0.15, 0.2) is 5.78 Å². The van der Waals surface area contributed by atoms with Crippen LogP contribution in [-0.2, 0) is 6.18 Å². The second kappa shape index (κ2) is 4.77. The van der Waals surface area contributed by atoms with Crippen molar-refractivity contribution in [3.63, 3.8) is 0 Å². The lowest BCUT2D eigenvalue weighted by atomic mass is 10.0. The van der Waals surface area contributed by atoms with Crippen LogP contribution < -0.4 is 0 Å². The maximum Gasteiger partial charge on any atom is 0.416 e. The van der Waals surface area contributed by atoms with Crippen molar-refractivity contribution >= 4 is 17.1 Å². The van der Waals surface area contributed by atoms with Crippen molar-refractivity contribution in [2.45, 2.75) is 13.1 Å². The summed E-state index contributed by atoms with van der Waals surface area (Å²) in [4.78, 5) is 12.8. The molecule has 0 saturated carbocycles. The first-order valence-electron chi connectivity index (χ1n) is 5.25. The lowest BCUT2D eigenvalue weighted by Gasteiger charge is -2.08. The molecule has 19 heavy (non-hydrogen) atoms. The van der Waals surface area contributed by atoms with Gasteiger partial charge in [-0.3, -0.25) is 4.79 Å². The predicted octanol–water partition coefficient (Wildman–Crippen LogP) is 4.45. The molecule has 0 aliphatic heterocycles. The van der Waals surface area contributed by atoms with Crippen LogP contribution in [0, 0.1) is 12.7 Å². The van der Waals surface area contributed by atoms with Gasteiger partial charge in [-0.15, -0.1) is 11.3 Å². The van der Waals surface area contributed by atoms with E-state index in [9.17, 15) is 22.4 Å². The number of aryl methyl sites for hydroxylation is 1. The highest BCUT2D eigenvalue weighted by molar-refractivity contribution is 7.10. The molecule has 0 aliphatic carbocycles. The summed E-state index contributed by atoms with van der Waals surface area (Å²) in [7, 11) is 0. The molecule has 2 aromatic rings. The van der Waals surface area contributed by atoms with Crippen LogP contribution in [0.3, 0.4) is 0 Å². The number of halogens is 4. The smallest absolute Gasteiger partial charge is 0.288 e. The predicted molar refractivity (Wildman–Crippen MR) is 63.9 cm³/mol. The first-order chi connectivity index (χ1) is 8.79. The Morgan fingerprint density at radius 3 is 2.42 bits per heavy atom. The lowest BCUT2D eigenvalue weighted by Crippen LogP contribution is -2.09. The highest BCUT2D eigenvalue weighted by atomic mass is 32.1. The summed E-state index contributed by atoms with van der Waals surface area (Å²) in [6.45, 7) is 1.75. The largest absolute Gasteiger partial charge is 0.416 e. The number of carbonyl (C=O) groups excluding carboxylic acids is 1. The number of thiophene rings is 1. The molecule has 1 aromatic heterocycles. The van der Waals surface area contributed by atoms with E-state index < -0.39 is 28.9 Å². The molecule has 1 aromatic carbocycles. The van der Waals surface area contributed by atoms with Gasteiger partial charge in [0.25, 0.3) is 0 Å². The fourth-order valence-corrected chi connectivity index (χ4v) is 2.28. The van der Waals surface area contributed by atoms with E-state index >= 15 is 0 Å². The number of hydrogen-bond donors (Lipinski definition) is 0. The molecular formula is C13H8F4OS. The maximum atomic E-state index is 13.5. The van der Waals surface area contributed by atoms with Gasteiger partial charge in [0.2, 0.25) is 0 Å². The minimum absolute atomic E-state index is 0.195. The molecule has 6 heteroatoms. The van der Waals surface area contributed by atoms with Crippen molar-refractivity contribution in [2.75, 3.05) is 0 Å². The Labute approximate surface area is 110 Å². The molecule has 0 fully saturated rings. The average molecular weight is 288 g/mol. The number of alkyl halides is 3. The highest BCUT2D eigenvalue weighted by Gasteiger charge is 2.32. The molecule has 0 radical (unpaired) electrons. The Balaban J connectivity index is 2.47. The molecule has 0 aliphatic rings. The zero-order valence-corrected chi connectivity index (χ0v) is 10.5. The molecule has 0 N–H and O–H groups in total. The monoisotopic (exact) mass is 288 g/mol. The Bertz CT molecular complexity index is 628. The van der Waals surface area contributed by atoms with Gasteiger partial charge in [-0.05, 0) is 31.2 Å². The van der Waals surface area contributed by atoms with Crippen molar-refractivity contribution in [1.29, 1.82) is 0 Å². The standard InChI is InChI=1S/C13H8F4OS/c1-7-4-8(6-19-7)12(18)10-5-9(13(15,16)17)2-3-11(10)14/h2-6H,1H3. The summed E-state index contributed by atoms with van der Waals surface area (Å²) in [6, 6.07) is 3.34. The molecule has 0 spiro atoms. The van der Waals surface area contributed by atoms with Gasteiger partial charge in [-0.2, -0.15) is 13.2 Å². The third-order valence-corrected chi connectivity index (χ3v) is 3.39. The molecule has 0 bridgehead atoms. The Morgan fingerprint density at radius 1 is 1.21 bits per heavy atom. The van der Waals surface area contributed by atoms with E-state index in [1.54, 1.807) is 6.92 Å². The molecule has 100 valence electrons. The number of carbonyl (C=O) groups is 1. The molecule has 0 atom stereocenters. The second-order valence-electron chi connectivity index (χ2n) is 3.97. The minimum Gasteiger partial charge on any atom is -0.288 e. The van der Waals surface area contributed by atoms with Crippen molar-refractivity contribution < 1.29 is 22.4 Å². The molecule has 0 unspecified atom stereocenters. The van der Waals surface area contributed by atoms with Crippen LogP contribution in [0.25, 0.3) is 0 Å². The van der Waals surface area contributed by atoms with Gasteiger partial charge in [0, 0.05) is 15.8 Å². The van der Waals surface area contributed by atoms with Crippen molar-refractivity contribution in [3.05, 3.63) is 57.0 Å². The molecule has 0 amide bonds. The first-order valence-corrected chi connectivity index (χ1v) is 6.13. The van der Waals surface area contributed by atoms with Gasteiger partial charge >= 0.3 is 6.18 Å². The summed E-state index contributed by atoms with van der Waals surface area (Å²) in [6.07, 6.45) is -4.60. The quantitative estimate of drug-likeness (QED) is 0.589. The summed E-state index contributed by atoms with van der Waals surface area (Å²) in [5.41, 5.74) is -1.41. The minimum atomic E-state index is -4.60. The van der Waals surface area contributed by atoms with E-state index in [1.165, 1.54) is 22.8 Å². The zero-order chi connectivity index (χ0) is 14.2. The van der Waals surface area contributed by atoms with Gasteiger partial charge in [-0.25, -0.2) is 4.39 Å². The van der Waals surface area contributed by atoms with E-state index in [2.05, 4.69) is 0 Å². The third-order valence-electron chi connectivity index (χ3n) is 2.53. The summed E-state index contributed by atoms with van der Waals surface area (Å²) in [5.74, 6) is -1.70. The third kappa shape index (κ3) is 2.84. The van der Waals surface area contributed by atoms with Gasteiger partial charge < -0.3 is 0 Å². The van der Waals surface area contributed by atoms with Crippen LogP contribution in [0.5, 0.6) is 0 Å². The van der Waals surface area contributed by atoms with Crippen LogP contribution in [-0.4, -0.2) is 5.78 Å². The Kier molecular flexibility index (Phi) is 3.45. The fourth-order valence-electron chi connectivity index (χ4n) is 1.59. The van der Waals surface area contributed by atoms with E-state index in [4.69, 9.17) is 0 Å². The van der Waals surface area contributed by atoms with Gasteiger partial charge in [0.05, 0.1) is 11.1 Å². The normalized spacial score (nSPS) is 11.6. The lowest BCUT2D eigenvalue weighted by molar-refractivity contribution is -0.137. The first kappa shape index (κ1) is 13.7. The van der Waals surface area contributed by atoms with Gasteiger partial charge in [-0.1, -0.05) is 0 Å². The maximum absolute atomic E-state index is 13.5. The van der Waals surface area contributed by atoms with E-state index in [0.717, 1.165) is 4.88 Å². The summed E-state index contributed by atoms with van der Waals surface area (Å²) >= 11 is 1.28. The SMILES string of the molecule is Cc1cc(C(=O)c2cc(C(F)(F)F)ccc2F)cs1. The van der Waals surface area contributed by atoms with Crippen molar-refractivity contribution in [1.82, 2.24) is 0 Å². The van der Waals surface area contributed by atoms with Crippen LogP contribution in [0.15, 0.2) is 29.6 Å². The topological polar surface area (TPSA) is 17.1 Å². The number of hydrogen-bond acceptors (Lipinski definition) is 2. The van der Waals surface area contributed by atoms with Crippen molar-refractivity contribution in [3.8, 4) is 0 Å². The molecule has 2 rings (SSSR count). The summed E-state index contributed by atoms with van der Waals surface area (Å²) < 4.78 is 51.1. The van der Waals surface area contributed by atoms with E-state index in [-0.39, 0.29) is 5.56 Å². The Hall–Kier alpha value is -1.69. The number of rotatable bonds is 2.